The Morgan fingerprint density at radius 1 is 1.44 bits per heavy atom. The van der Waals surface area contributed by atoms with Crippen LogP contribution in [0.2, 0.25) is 0 Å². The zero-order valence-corrected chi connectivity index (χ0v) is 8.82. The minimum Gasteiger partial charge on any atom is -0.478 e. The molecular formula is C11H7F3N2O2. The molecule has 2 N–H and O–H groups in total. The summed E-state index contributed by atoms with van der Waals surface area (Å²) in [5.41, 5.74) is -1.52. The molecule has 0 amide bonds. The standard InChI is InChI=1S/C11H7F3N2O2/c12-11(13,14)9-5-8(2-1-7(9)6-15)16-4-3-10(17)18/h1-5,16H,(H,17,18)/b4-3+. The highest BCUT2D eigenvalue weighted by atomic mass is 19.4. The summed E-state index contributed by atoms with van der Waals surface area (Å²) in [6.45, 7) is 0. The molecule has 1 aromatic carbocycles. The van der Waals surface area contributed by atoms with Gasteiger partial charge in [-0.3, -0.25) is 0 Å². The Balaban J connectivity index is 3.05. The number of halogens is 3. The van der Waals surface area contributed by atoms with E-state index in [1.807, 2.05) is 0 Å². The second-order valence-corrected chi connectivity index (χ2v) is 3.19. The third kappa shape index (κ3) is 3.52. The summed E-state index contributed by atoms with van der Waals surface area (Å²) in [7, 11) is 0. The van der Waals surface area contributed by atoms with Crippen molar-refractivity contribution in [1.82, 2.24) is 0 Å². The summed E-state index contributed by atoms with van der Waals surface area (Å²) in [6, 6.07) is 4.45. The van der Waals surface area contributed by atoms with E-state index in [-0.39, 0.29) is 5.69 Å². The molecule has 0 heterocycles. The number of nitriles is 1. The monoisotopic (exact) mass is 256 g/mol. The average molecular weight is 256 g/mol. The highest BCUT2D eigenvalue weighted by Crippen LogP contribution is 2.33. The number of carboxylic acid groups (broad SMARTS) is 1. The second kappa shape index (κ2) is 5.23. The van der Waals surface area contributed by atoms with E-state index in [4.69, 9.17) is 10.4 Å². The maximum absolute atomic E-state index is 12.6. The first kappa shape index (κ1) is 13.6. The summed E-state index contributed by atoms with van der Waals surface area (Å²) < 4.78 is 37.7. The highest BCUT2D eigenvalue weighted by Gasteiger charge is 2.33. The van der Waals surface area contributed by atoms with Crippen molar-refractivity contribution in [2.24, 2.45) is 0 Å². The second-order valence-electron chi connectivity index (χ2n) is 3.19. The first-order valence-electron chi connectivity index (χ1n) is 4.62. The number of hydrogen-bond donors (Lipinski definition) is 2. The van der Waals surface area contributed by atoms with Gasteiger partial charge >= 0.3 is 12.1 Å². The van der Waals surface area contributed by atoms with E-state index < -0.39 is 23.3 Å². The SMILES string of the molecule is N#Cc1ccc(N/C=C/C(=O)O)cc1C(F)(F)F. The van der Waals surface area contributed by atoms with Gasteiger partial charge in [-0.25, -0.2) is 4.79 Å². The Hall–Kier alpha value is -2.49. The summed E-state index contributed by atoms with van der Waals surface area (Å²) in [6.07, 6.45) is -2.91. The van der Waals surface area contributed by atoms with Gasteiger partial charge in [0, 0.05) is 18.0 Å². The molecule has 94 valence electrons. The Labute approximate surface area is 100.0 Å². The molecule has 0 saturated carbocycles. The van der Waals surface area contributed by atoms with Crippen molar-refractivity contribution in [1.29, 1.82) is 5.26 Å². The molecule has 18 heavy (non-hydrogen) atoms. The zero-order valence-electron chi connectivity index (χ0n) is 8.82. The largest absolute Gasteiger partial charge is 0.478 e. The van der Waals surface area contributed by atoms with Crippen LogP contribution in [0.15, 0.2) is 30.5 Å². The Kier molecular flexibility index (Phi) is 3.94. The van der Waals surface area contributed by atoms with E-state index >= 15 is 0 Å². The number of nitrogens with zero attached hydrogens (tertiary/aromatic N) is 1. The van der Waals surface area contributed by atoms with Crippen LogP contribution >= 0.6 is 0 Å². The van der Waals surface area contributed by atoms with E-state index in [1.54, 1.807) is 0 Å². The van der Waals surface area contributed by atoms with Gasteiger partial charge in [-0.15, -0.1) is 0 Å². The van der Waals surface area contributed by atoms with E-state index in [0.29, 0.717) is 0 Å². The molecule has 7 heteroatoms. The lowest BCUT2D eigenvalue weighted by molar-refractivity contribution is -0.137. The molecule has 1 aromatic rings. The van der Waals surface area contributed by atoms with Crippen molar-refractivity contribution < 1.29 is 23.1 Å². The van der Waals surface area contributed by atoms with Gasteiger partial charge in [-0.2, -0.15) is 18.4 Å². The van der Waals surface area contributed by atoms with Crippen LogP contribution in [0.4, 0.5) is 18.9 Å². The molecule has 0 aromatic heterocycles. The number of aliphatic carboxylic acids is 1. The summed E-state index contributed by atoms with van der Waals surface area (Å²) >= 11 is 0. The van der Waals surface area contributed by atoms with Crippen molar-refractivity contribution in [3.63, 3.8) is 0 Å². The predicted octanol–water partition coefficient (Wildman–Crippen LogP) is 2.59. The molecule has 0 aliphatic heterocycles. The van der Waals surface area contributed by atoms with Crippen molar-refractivity contribution in [3.8, 4) is 6.07 Å². The maximum atomic E-state index is 12.6. The van der Waals surface area contributed by atoms with Crippen LogP contribution in [0, 0.1) is 11.3 Å². The van der Waals surface area contributed by atoms with Crippen LogP contribution in [0.1, 0.15) is 11.1 Å². The summed E-state index contributed by atoms with van der Waals surface area (Å²) in [5, 5.41) is 19.2. The number of nitrogens with one attached hydrogen (secondary N) is 1. The molecule has 0 atom stereocenters. The van der Waals surface area contributed by atoms with Crippen LogP contribution in [-0.4, -0.2) is 11.1 Å². The van der Waals surface area contributed by atoms with Gasteiger partial charge in [-0.1, -0.05) is 0 Å². The number of hydrogen-bond acceptors (Lipinski definition) is 3. The molecule has 0 bridgehead atoms. The minimum atomic E-state index is -4.64. The van der Waals surface area contributed by atoms with E-state index in [2.05, 4.69) is 5.32 Å². The minimum absolute atomic E-state index is 0.0406. The van der Waals surface area contributed by atoms with Crippen molar-refractivity contribution in [2.45, 2.75) is 6.18 Å². The Morgan fingerprint density at radius 2 is 2.11 bits per heavy atom. The van der Waals surface area contributed by atoms with Gasteiger partial charge in [0.25, 0.3) is 0 Å². The van der Waals surface area contributed by atoms with Gasteiger partial charge in [-0.05, 0) is 18.2 Å². The first-order chi connectivity index (χ1) is 8.34. The molecule has 4 nitrogen and oxygen atoms in total. The van der Waals surface area contributed by atoms with Gasteiger partial charge in [0.15, 0.2) is 0 Å². The number of benzene rings is 1. The van der Waals surface area contributed by atoms with Crippen molar-refractivity contribution >= 4 is 11.7 Å². The first-order valence-corrected chi connectivity index (χ1v) is 4.62. The van der Waals surface area contributed by atoms with Gasteiger partial charge in [0.05, 0.1) is 17.2 Å². The number of carbonyl (C=O) groups is 1. The smallest absolute Gasteiger partial charge is 0.417 e. The molecule has 0 unspecified atom stereocenters. The molecule has 0 fully saturated rings. The van der Waals surface area contributed by atoms with Crippen LogP contribution < -0.4 is 5.32 Å². The molecule has 0 radical (unpaired) electrons. The van der Waals surface area contributed by atoms with Gasteiger partial charge < -0.3 is 10.4 Å². The lowest BCUT2D eigenvalue weighted by Crippen LogP contribution is -2.08. The lowest BCUT2D eigenvalue weighted by atomic mass is 10.1. The molecule has 0 aliphatic carbocycles. The Bertz CT molecular complexity index is 530. The van der Waals surface area contributed by atoms with Crippen LogP contribution in [0.5, 0.6) is 0 Å². The number of carboxylic acids is 1. The molecule has 0 spiro atoms. The molecular weight excluding hydrogens is 249 g/mol. The Morgan fingerprint density at radius 3 is 2.61 bits per heavy atom. The summed E-state index contributed by atoms with van der Waals surface area (Å²) in [5.74, 6) is -1.23. The molecule has 1 rings (SSSR count). The van der Waals surface area contributed by atoms with Gasteiger partial charge in [0.2, 0.25) is 0 Å². The normalized spacial score (nSPS) is 11.2. The zero-order chi connectivity index (χ0) is 13.8. The third-order valence-corrected chi connectivity index (χ3v) is 1.92. The number of rotatable bonds is 3. The molecule has 0 aliphatic rings. The predicted molar refractivity (Wildman–Crippen MR) is 56.6 cm³/mol. The fourth-order valence-corrected chi connectivity index (χ4v) is 1.18. The van der Waals surface area contributed by atoms with Gasteiger partial charge in [0.1, 0.15) is 0 Å². The third-order valence-electron chi connectivity index (χ3n) is 1.92. The fraction of sp³-hybridized carbons (Fsp3) is 0.0909. The van der Waals surface area contributed by atoms with Crippen LogP contribution in [0.25, 0.3) is 0 Å². The van der Waals surface area contributed by atoms with E-state index in [0.717, 1.165) is 24.4 Å². The van der Waals surface area contributed by atoms with E-state index in [1.165, 1.54) is 12.1 Å². The number of alkyl halides is 3. The quantitative estimate of drug-likeness (QED) is 0.815. The topological polar surface area (TPSA) is 73.1 Å². The van der Waals surface area contributed by atoms with Crippen LogP contribution in [-0.2, 0) is 11.0 Å². The molecule has 0 saturated heterocycles. The summed E-state index contributed by atoms with van der Waals surface area (Å²) in [4.78, 5) is 10.2. The maximum Gasteiger partial charge on any atom is 0.417 e. The fourth-order valence-electron chi connectivity index (χ4n) is 1.18. The van der Waals surface area contributed by atoms with Crippen molar-refractivity contribution in [3.05, 3.63) is 41.6 Å². The highest BCUT2D eigenvalue weighted by molar-refractivity contribution is 5.80. The number of anilines is 1. The van der Waals surface area contributed by atoms with Crippen LogP contribution in [0.3, 0.4) is 0 Å². The van der Waals surface area contributed by atoms with E-state index in [9.17, 15) is 18.0 Å². The lowest BCUT2D eigenvalue weighted by Gasteiger charge is -2.10. The van der Waals surface area contributed by atoms with Crippen molar-refractivity contribution in [2.75, 3.05) is 5.32 Å². The average Bonchev–Trinajstić information content (AvgIpc) is 2.27.